The first kappa shape index (κ1) is 25.1. The predicted molar refractivity (Wildman–Crippen MR) is 146 cm³/mol. The zero-order valence-electron chi connectivity index (χ0n) is 21.0. The van der Waals surface area contributed by atoms with Gasteiger partial charge in [-0.3, -0.25) is 0 Å². The second-order valence-electron chi connectivity index (χ2n) is 9.98. The van der Waals surface area contributed by atoms with Gasteiger partial charge in [0.25, 0.3) is 0 Å². The van der Waals surface area contributed by atoms with Gasteiger partial charge < -0.3 is 14.2 Å². The molecule has 0 spiro atoms. The fraction of sp³-hybridized carbons (Fsp3) is 0.375. The van der Waals surface area contributed by atoms with E-state index >= 15 is 0 Å². The Morgan fingerprint density at radius 2 is 1.86 bits per heavy atom. The van der Waals surface area contributed by atoms with Crippen molar-refractivity contribution in [2.75, 3.05) is 6.61 Å². The summed E-state index contributed by atoms with van der Waals surface area (Å²) < 4.78 is 19.0. The summed E-state index contributed by atoms with van der Waals surface area (Å²) in [6.45, 7) is 7.32. The van der Waals surface area contributed by atoms with Crippen molar-refractivity contribution in [1.82, 2.24) is 0 Å². The number of benzene rings is 3. The van der Waals surface area contributed by atoms with Gasteiger partial charge in [-0.1, -0.05) is 72.3 Å². The van der Waals surface area contributed by atoms with Crippen molar-refractivity contribution in [3.8, 4) is 5.75 Å². The fourth-order valence-electron chi connectivity index (χ4n) is 5.74. The molecule has 0 radical (unpaired) electrons. The summed E-state index contributed by atoms with van der Waals surface area (Å²) in [5, 5.41) is 0.780. The van der Waals surface area contributed by atoms with Gasteiger partial charge in [-0.25, -0.2) is 0 Å². The van der Waals surface area contributed by atoms with Crippen molar-refractivity contribution in [1.29, 1.82) is 0 Å². The highest BCUT2D eigenvalue weighted by atomic mass is 35.5. The van der Waals surface area contributed by atoms with Crippen LogP contribution in [0.2, 0.25) is 5.02 Å². The van der Waals surface area contributed by atoms with Crippen molar-refractivity contribution in [3.05, 3.63) is 113 Å². The van der Waals surface area contributed by atoms with Gasteiger partial charge in [-0.05, 0) is 73.1 Å². The lowest BCUT2D eigenvalue weighted by molar-refractivity contribution is -0.259. The average Bonchev–Trinajstić information content (AvgIpc) is 2.88. The Morgan fingerprint density at radius 1 is 1.06 bits per heavy atom. The largest absolute Gasteiger partial charge is 0.494 e. The van der Waals surface area contributed by atoms with Crippen molar-refractivity contribution < 1.29 is 14.2 Å². The van der Waals surface area contributed by atoms with E-state index in [-0.39, 0.29) is 17.8 Å². The Labute approximate surface area is 220 Å². The molecule has 3 aromatic carbocycles. The minimum Gasteiger partial charge on any atom is -0.494 e. The molecule has 3 aromatic rings. The zero-order chi connectivity index (χ0) is 25.0. The highest BCUT2D eigenvalue weighted by Crippen LogP contribution is 2.55. The molecule has 5 rings (SSSR count). The van der Waals surface area contributed by atoms with Crippen LogP contribution >= 0.6 is 11.6 Å². The van der Waals surface area contributed by atoms with Crippen LogP contribution in [-0.2, 0) is 22.5 Å². The Balaban J connectivity index is 1.35. The molecule has 0 N–H and O–H groups in total. The fourth-order valence-corrected chi connectivity index (χ4v) is 5.93. The molecule has 0 amide bonds. The van der Waals surface area contributed by atoms with Crippen LogP contribution in [0.1, 0.15) is 61.0 Å². The van der Waals surface area contributed by atoms with Crippen LogP contribution < -0.4 is 4.74 Å². The van der Waals surface area contributed by atoms with E-state index in [1.165, 1.54) is 16.7 Å². The van der Waals surface area contributed by atoms with Gasteiger partial charge in [0, 0.05) is 17.4 Å². The molecular weight excluding hydrogens is 468 g/mol. The molecule has 1 heterocycles. The van der Waals surface area contributed by atoms with E-state index in [0.717, 1.165) is 48.4 Å². The molecule has 2 fully saturated rings. The van der Waals surface area contributed by atoms with Crippen molar-refractivity contribution in [2.45, 2.75) is 63.4 Å². The highest BCUT2D eigenvalue weighted by Gasteiger charge is 2.55. The predicted octanol–water partition coefficient (Wildman–Crippen LogP) is 8.10. The quantitative estimate of drug-likeness (QED) is 0.262. The molecule has 36 heavy (non-hydrogen) atoms. The van der Waals surface area contributed by atoms with Gasteiger partial charge in [-0.2, -0.15) is 0 Å². The van der Waals surface area contributed by atoms with Crippen LogP contribution in [0.3, 0.4) is 0 Å². The van der Waals surface area contributed by atoms with E-state index in [1.807, 2.05) is 37.3 Å². The van der Waals surface area contributed by atoms with E-state index in [9.17, 15) is 0 Å². The van der Waals surface area contributed by atoms with Gasteiger partial charge in [0.05, 0.1) is 31.0 Å². The van der Waals surface area contributed by atoms with Gasteiger partial charge in [0.15, 0.2) is 0 Å². The molecule has 0 aromatic heterocycles. The third-order valence-corrected chi connectivity index (χ3v) is 8.06. The summed E-state index contributed by atoms with van der Waals surface area (Å²) in [5.74, 6) is 1.30. The van der Waals surface area contributed by atoms with Crippen LogP contribution in [-0.4, -0.2) is 18.3 Å². The first-order valence-electron chi connectivity index (χ1n) is 13.0. The van der Waals surface area contributed by atoms with E-state index in [0.29, 0.717) is 19.1 Å². The molecule has 1 aliphatic carbocycles. The van der Waals surface area contributed by atoms with Gasteiger partial charge in [0.1, 0.15) is 5.75 Å². The van der Waals surface area contributed by atoms with Crippen LogP contribution in [0.25, 0.3) is 0 Å². The smallest absolute Gasteiger partial charge is 0.119 e. The number of hydrogen-bond acceptors (Lipinski definition) is 3. The molecule has 0 bridgehead atoms. The van der Waals surface area contributed by atoms with Gasteiger partial charge in [-0.15, -0.1) is 6.58 Å². The van der Waals surface area contributed by atoms with Crippen LogP contribution in [0.5, 0.6) is 5.75 Å². The third kappa shape index (κ3) is 5.39. The van der Waals surface area contributed by atoms with E-state index in [2.05, 4.69) is 55.1 Å². The topological polar surface area (TPSA) is 27.7 Å². The van der Waals surface area contributed by atoms with E-state index in [4.69, 9.17) is 25.8 Å². The number of halogens is 1. The molecule has 4 heteroatoms. The summed E-state index contributed by atoms with van der Waals surface area (Å²) in [6.07, 6.45) is 6.79. The normalized spacial score (nSPS) is 25.0. The van der Waals surface area contributed by atoms with Crippen LogP contribution in [0, 0.1) is 5.92 Å². The second kappa shape index (κ2) is 11.2. The average molecular weight is 503 g/mol. The SMILES string of the molecule is C=CCC12CC[C@@H]1C(OCc1ccccc1)C[C@H](c1ccc(Cl)c(Cc3ccc(OCC)cc3)c1)O2. The standard InChI is InChI=1S/C32H35ClO3/c1-3-17-32-18-16-28(32)31(35-22-24-8-6-5-7-9-24)21-30(36-32)25-12-15-29(33)26(20-25)19-23-10-13-27(14-11-23)34-4-2/h3,5-15,20,28,30-31H,1,4,16-19,21-22H2,2H3/t28-,30-,31?,32?/m1/s1. The number of rotatable bonds is 10. The van der Waals surface area contributed by atoms with Crippen molar-refractivity contribution >= 4 is 11.6 Å². The number of ether oxygens (including phenoxy) is 3. The Kier molecular flexibility index (Phi) is 7.81. The molecule has 3 nitrogen and oxygen atoms in total. The van der Waals surface area contributed by atoms with Crippen LogP contribution in [0.4, 0.5) is 0 Å². The lowest BCUT2D eigenvalue weighted by Crippen LogP contribution is -2.58. The highest BCUT2D eigenvalue weighted by molar-refractivity contribution is 6.31. The molecule has 188 valence electrons. The van der Waals surface area contributed by atoms with Crippen molar-refractivity contribution in [2.24, 2.45) is 5.92 Å². The monoisotopic (exact) mass is 502 g/mol. The summed E-state index contributed by atoms with van der Waals surface area (Å²) in [5.41, 5.74) is 4.51. The van der Waals surface area contributed by atoms with Crippen molar-refractivity contribution in [3.63, 3.8) is 0 Å². The molecular formula is C32H35ClO3. The first-order chi connectivity index (χ1) is 17.6. The number of fused-ring (bicyclic) bond motifs is 1. The third-order valence-electron chi connectivity index (χ3n) is 7.69. The molecule has 2 aliphatic rings. The van der Waals surface area contributed by atoms with Gasteiger partial charge >= 0.3 is 0 Å². The van der Waals surface area contributed by atoms with E-state index in [1.54, 1.807) is 0 Å². The Morgan fingerprint density at radius 3 is 2.56 bits per heavy atom. The maximum atomic E-state index is 6.86. The van der Waals surface area contributed by atoms with Gasteiger partial charge in [0.2, 0.25) is 0 Å². The number of hydrogen-bond donors (Lipinski definition) is 0. The lowest BCUT2D eigenvalue weighted by atomic mass is 9.62. The summed E-state index contributed by atoms with van der Waals surface area (Å²) in [6, 6.07) is 25.0. The minimum absolute atomic E-state index is 0.0291. The molecule has 2 unspecified atom stereocenters. The second-order valence-corrected chi connectivity index (χ2v) is 10.4. The molecule has 1 saturated heterocycles. The molecule has 4 atom stereocenters. The minimum atomic E-state index is -0.180. The molecule has 1 saturated carbocycles. The Hall–Kier alpha value is -2.59. The summed E-state index contributed by atoms with van der Waals surface area (Å²) in [7, 11) is 0. The first-order valence-corrected chi connectivity index (χ1v) is 13.4. The lowest BCUT2D eigenvalue weighted by Gasteiger charge is -2.57. The Bertz CT molecular complexity index is 1160. The maximum absolute atomic E-state index is 6.86. The summed E-state index contributed by atoms with van der Waals surface area (Å²) >= 11 is 6.65. The molecule has 1 aliphatic heterocycles. The van der Waals surface area contributed by atoms with E-state index < -0.39 is 0 Å². The maximum Gasteiger partial charge on any atom is 0.119 e. The van der Waals surface area contributed by atoms with Crippen LogP contribution in [0.15, 0.2) is 85.5 Å². The zero-order valence-corrected chi connectivity index (χ0v) is 21.8. The summed E-state index contributed by atoms with van der Waals surface area (Å²) in [4.78, 5) is 0.